The van der Waals surface area contributed by atoms with Crippen LogP contribution in [0.2, 0.25) is 0 Å². The molecule has 3 rings (SSSR count). The van der Waals surface area contributed by atoms with E-state index in [4.69, 9.17) is 0 Å². The zero-order chi connectivity index (χ0) is 10.4. The summed E-state index contributed by atoms with van der Waals surface area (Å²) in [6.07, 6.45) is 3.65. The molecule has 15 heavy (non-hydrogen) atoms. The van der Waals surface area contributed by atoms with E-state index in [9.17, 15) is 4.79 Å². The van der Waals surface area contributed by atoms with Gasteiger partial charge in [-0.05, 0) is 0 Å². The lowest BCUT2D eigenvalue weighted by atomic mass is 10.0. The molecule has 0 aromatic carbocycles. The van der Waals surface area contributed by atoms with Crippen molar-refractivity contribution in [2.75, 3.05) is 24.5 Å². The van der Waals surface area contributed by atoms with Gasteiger partial charge in [0.05, 0.1) is 17.8 Å². The van der Waals surface area contributed by atoms with Crippen LogP contribution in [0.4, 0.5) is 5.69 Å². The van der Waals surface area contributed by atoms with Crippen molar-refractivity contribution in [3.8, 4) is 0 Å². The molecule has 0 bridgehead atoms. The van der Waals surface area contributed by atoms with Gasteiger partial charge in [0.2, 0.25) is 5.91 Å². The molecule has 3 heterocycles. The molecule has 1 aromatic rings. The molecule has 0 unspecified atom stereocenters. The molecule has 2 fully saturated rings. The van der Waals surface area contributed by atoms with Crippen LogP contribution in [0, 0.1) is 11.8 Å². The van der Waals surface area contributed by atoms with E-state index in [0.717, 1.165) is 25.3 Å². The summed E-state index contributed by atoms with van der Waals surface area (Å²) in [7, 11) is 1.87. The number of fused-ring (bicyclic) bond motifs is 1. The van der Waals surface area contributed by atoms with Gasteiger partial charge >= 0.3 is 0 Å². The minimum Gasteiger partial charge on any atom is -0.316 e. The molecule has 2 aliphatic heterocycles. The van der Waals surface area contributed by atoms with E-state index in [1.54, 1.807) is 10.9 Å². The number of aromatic nitrogens is 2. The predicted molar refractivity (Wildman–Crippen MR) is 55.4 cm³/mol. The van der Waals surface area contributed by atoms with Crippen molar-refractivity contribution in [3.05, 3.63) is 12.4 Å². The summed E-state index contributed by atoms with van der Waals surface area (Å²) in [4.78, 5) is 13.9. The first-order valence-corrected chi connectivity index (χ1v) is 5.26. The first-order valence-electron chi connectivity index (χ1n) is 5.26. The zero-order valence-electron chi connectivity index (χ0n) is 8.68. The fraction of sp³-hybridized carbons (Fsp3) is 0.600. The van der Waals surface area contributed by atoms with E-state index >= 15 is 0 Å². The second kappa shape index (κ2) is 3.06. The Balaban J connectivity index is 1.87. The van der Waals surface area contributed by atoms with E-state index < -0.39 is 0 Å². The summed E-state index contributed by atoms with van der Waals surface area (Å²) in [5, 5.41) is 7.36. The number of hydrogen-bond donors (Lipinski definition) is 1. The molecule has 2 aliphatic rings. The van der Waals surface area contributed by atoms with Crippen LogP contribution < -0.4 is 10.2 Å². The summed E-state index contributed by atoms with van der Waals surface area (Å²) < 4.78 is 1.73. The highest BCUT2D eigenvalue weighted by Gasteiger charge is 2.43. The van der Waals surface area contributed by atoms with Gasteiger partial charge in [-0.1, -0.05) is 0 Å². The number of carbonyl (C=O) groups excluding carboxylic acids is 1. The van der Waals surface area contributed by atoms with Crippen LogP contribution in [0.25, 0.3) is 0 Å². The lowest BCUT2D eigenvalue weighted by Gasteiger charge is -2.14. The van der Waals surface area contributed by atoms with E-state index in [2.05, 4.69) is 10.4 Å². The first kappa shape index (κ1) is 8.91. The summed E-state index contributed by atoms with van der Waals surface area (Å²) in [5.41, 5.74) is 0.928. The third-order valence-electron chi connectivity index (χ3n) is 3.34. The smallest absolute Gasteiger partial charge is 0.231 e. The van der Waals surface area contributed by atoms with Crippen molar-refractivity contribution in [3.63, 3.8) is 0 Å². The van der Waals surface area contributed by atoms with Crippen LogP contribution in [0.5, 0.6) is 0 Å². The van der Waals surface area contributed by atoms with Crippen molar-refractivity contribution in [2.45, 2.75) is 0 Å². The van der Waals surface area contributed by atoms with Crippen LogP contribution in [0.15, 0.2) is 12.4 Å². The average Bonchev–Trinajstić information content (AvgIpc) is 2.84. The lowest BCUT2D eigenvalue weighted by molar-refractivity contribution is -0.120. The van der Waals surface area contributed by atoms with E-state index in [1.165, 1.54) is 0 Å². The normalized spacial score (nSPS) is 29.9. The molecule has 2 saturated heterocycles. The number of amides is 1. The summed E-state index contributed by atoms with van der Waals surface area (Å²) in [6.45, 7) is 2.63. The second-order valence-corrected chi connectivity index (χ2v) is 4.35. The van der Waals surface area contributed by atoms with Crippen molar-refractivity contribution in [1.29, 1.82) is 0 Å². The van der Waals surface area contributed by atoms with E-state index in [1.807, 2.05) is 18.1 Å². The molecule has 0 radical (unpaired) electrons. The maximum absolute atomic E-state index is 12.0. The fourth-order valence-corrected chi connectivity index (χ4v) is 2.52. The third-order valence-corrected chi connectivity index (χ3v) is 3.34. The Hall–Kier alpha value is -1.36. The lowest BCUT2D eigenvalue weighted by Crippen LogP contribution is -2.30. The second-order valence-electron chi connectivity index (χ2n) is 4.35. The number of hydrogen-bond acceptors (Lipinski definition) is 3. The van der Waals surface area contributed by atoms with Gasteiger partial charge in [-0.15, -0.1) is 0 Å². The molecule has 80 valence electrons. The number of anilines is 1. The molecule has 0 aliphatic carbocycles. The number of rotatable bonds is 1. The van der Waals surface area contributed by atoms with E-state index in [0.29, 0.717) is 5.92 Å². The Kier molecular flexibility index (Phi) is 1.82. The summed E-state index contributed by atoms with van der Waals surface area (Å²) >= 11 is 0. The molecule has 2 atom stereocenters. The highest BCUT2D eigenvalue weighted by Crippen LogP contribution is 2.31. The molecular formula is C10H14N4O. The molecule has 5 heteroatoms. The highest BCUT2D eigenvalue weighted by molar-refractivity contribution is 5.97. The van der Waals surface area contributed by atoms with Gasteiger partial charge < -0.3 is 10.2 Å². The van der Waals surface area contributed by atoms with Crippen molar-refractivity contribution < 1.29 is 4.79 Å². The van der Waals surface area contributed by atoms with Gasteiger partial charge in [0.15, 0.2) is 0 Å². The Bertz CT molecular complexity index is 400. The van der Waals surface area contributed by atoms with Gasteiger partial charge in [0.1, 0.15) is 0 Å². The molecule has 0 saturated carbocycles. The predicted octanol–water partition coefficient (Wildman–Crippen LogP) is -0.398. The highest BCUT2D eigenvalue weighted by atomic mass is 16.2. The Morgan fingerprint density at radius 3 is 3.07 bits per heavy atom. The summed E-state index contributed by atoms with van der Waals surface area (Å²) in [5.74, 6) is 0.918. The fourth-order valence-electron chi connectivity index (χ4n) is 2.52. The Morgan fingerprint density at radius 2 is 2.40 bits per heavy atom. The minimum absolute atomic E-state index is 0.185. The number of nitrogens with one attached hydrogen (secondary N) is 1. The van der Waals surface area contributed by atoms with Crippen LogP contribution in [-0.4, -0.2) is 35.3 Å². The van der Waals surface area contributed by atoms with Gasteiger partial charge in [-0.2, -0.15) is 5.10 Å². The topological polar surface area (TPSA) is 50.2 Å². The number of nitrogens with zero attached hydrogens (tertiary/aromatic N) is 3. The quantitative estimate of drug-likeness (QED) is 0.680. The molecule has 1 N–H and O–H groups in total. The van der Waals surface area contributed by atoms with Crippen LogP contribution >= 0.6 is 0 Å². The van der Waals surface area contributed by atoms with Gasteiger partial charge in [-0.25, -0.2) is 0 Å². The Labute approximate surface area is 88.1 Å². The minimum atomic E-state index is 0.185. The van der Waals surface area contributed by atoms with Crippen molar-refractivity contribution >= 4 is 11.6 Å². The Morgan fingerprint density at radius 1 is 1.53 bits per heavy atom. The number of aryl methyl sites for hydroxylation is 1. The standard InChI is InChI=1S/C10H14N4O/c1-13-6-8(3-12-13)14-5-7-2-11-4-9(7)10(14)15/h3,6-7,9,11H,2,4-5H2,1H3/t7-,9-/m0/s1. The average molecular weight is 206 g/mol. The van der Waals surface area contributed by atoms with Crippen molar-refractivity contribution in [2.24, 2.45) is 18.9 Å². The van der Waals surface area contributed by atoms with Crippen LogP contribution in [-0.2, 0) is 11.8 Å². The zero-order valence-corrected chi connectivity index (χ0v) is 8.68. The van der Waals surface area contributed by atoms with E-state index in [-0.39, 0.29) is 11.8 Å². The largest absolute Gasteiger partial charge is 0.316 e. The molecular weight excluding hydrogens is 192 g/mol. The monoisotopic (exact) mass is 206 g/mol. The molecule has 1 amide bonds. The van der Waals surface area contributed by atoms with Gasteiger partial charge in [0, 0.05) is 38.8 Å². The van der Waals surface area contributed by atoms with Crippen LogP contribution in [0.1, 0.15) is 0 Å². The SMILES string of the molecule is Cn1cc(N2C[C@@H]3CNC[C@@H]3C2=O)cn1. The molecule has 1 aromatic heterocycles. The van der Waals surface area contributed by atoms with Gasteiger partial charge in [0.25, 0.3) is 0 Å². The first-order chi connectivity index (χ1) is 7.25. The molecule has 5 nitrogen and oxygen atoms in total. The number of carbonyl (C=O) groups is 1. The maximum atomic E-state index is 12.0. The maximum Gasteiger partial charge on any atom is 0.231 e. The van der Waals surface area contributed by atoms with Crippen molar-refractivity contribution in [1.82, 2.24) is 15.1 Å². The summed E-state index contributed by atoms with van der Waals surface area (Å²) in [6, 6.07) is 0. The molecule has 0 spiro atoms. The van der Waals surface area contributed by atoms with Crippen LogP contribution in [0.3, 0.4) is 0 Å². The third kappa shape index (κ3) is 1.26. The van der Waals surface area contributed by atoms with Gasteiger partial charge in [-0.3, -0.25) is 9.48 Å².